The first-order chi connectivity index (χ1) is 16.6. The molecule has 0 aliphatic heterocycles. The molecule has 1 saturated carbocycles. The van der Waals surface area contributed by atoms with Crippen LogP contribution >= 0.6 is 0 Å². The molecule has 1 fully saturated rings. The maximum Gasteiger partial charge on any atom is 0.256 e. The van der Waals surface area contributed by atoms with Gasteiger partial charge in [0, 0.05) is 23.5 Å². The van der Waals surface area contributed by atoms with Gasteiger partial charge < -0.3 is 36.0 Å². The number of benzene rings is 1. The standard InChI is InChI=1S/C23H20N4O8/c1-35-27-16-11-7-8-6-10-9(22-25-4-5-26-22)2-3-12(28)14(10)17(29)13(8)19(31)23(11,34)20(32)15(18(16)30)21(24)33/h2-5,8,11,28-30,34H,6-7H2,1H3,(H2,24,33)(H,25,26)/b27-16-/t8-,11-,23-/m0/s1. The molecule has 1 heterocycles. The Morgan fingerprint density at radius 1 is 1.23 bits per heavy atom. The van der Waals surface area contributed by atoms with E-state index in [-0.39, 0.29) is 35.4 Å². The van der Waals surface area contributed by atoms with Crippen LogP contribution < -0.4 is 5.73 Å². The topological polar surface area (TPSA) is 208 Å². The van der Waals surface area contributed by atoms with Crippen molar-refractivity contribution in [1.82, 2.24) is 9.97 Å². The smallest absolute Gasteiger partial charge is 0.256 e. The Hall–Kier alpha value is -4.45. The number of primary amides is 1. The molecule has 0 saturated heterocycles. The lowest BCUT2D eigenvalue weighted by Crippen LogP contribution is -2.64. The SMILES string of the molecule is CO/N=C1\C(O)=C(C(N)=O)C(=O)[C@@]2(O)C(=O)C3=C(O)c4c(O)ccc(-c5ncc[nH]5)c4C[C@H]3C[C@@H]12. The molecule has 0 unspecified atom stereocenters. The Balaban J connectivity index is 1.74. The van der Waals surface area contributed by atoms with E-state index in [0.717, 1.165) is 7.11 Å². The minimum atomic E-state index is -2.88. The second-order valence-corrected chi connectivity index (χ2v) is 8.55. The molecular formula is C23H20N4O8. The first kappa shape index (κ1) is 22.3. The maximum absolute atomic E-state index is 13.7. The Labute approximate surface area is 197 Å². The molecule has 5 rings (SSSR count). The number of ketones is 2. The normalized spacial score (nSPS) is 27.0. The van der Waals surface area contributed by atoms with Crippen LogP contribution in [-0.4, -0.2) is 66.3 Å². The minimum absolute atomic E-state index is 0.0249. The summed E-state index contributed by atoms with van der Waals surface area (Å²) in [4.78, 5) is 50.6. The Morgan fingerprint density at radius 3 is 2.60 bits per heavy atom. The van der Waals surface area contributed by atoms with Gasteiger partial charge in [0.15, 0.2) is 11.4 Å². The fraction of sp³-hybridized carbons (Fsp3) is 0.261. The number of hydrogen-bond donors (Lipinski definition) is 6. The molecule has 1 aromatic carbocycles. The molecule has 12 heteroatoms. The van der Waals surface area contributed by atoms with Gasteiger partial charge in [-0.3, -0.25) is 14.4 Å². The number of phenols is 1. The molecule has 1 amide bonds. The number of carbonyl (C=O) groups excluding carboxylic acids is 3. The number of hydrogen-bond acceptors (Lipinski definition) is 10. The summed E-state index contributed by atoms with van der Waals surface area (Å²) in [6.45, 7) is 0. The zero-order valence-electron chi connectivity index (χ0n) is 18.3. The van der Waals surface area contributed by atoms with Gasteiger partial charge in [0.2, 0.25) is 11.6 Å². The Morgan fingerprint density at radius 2 is 1.97 bits per heavy atom. The van der Waals surface area contributed by atoms with Gasteiger partial charge in [-0.2, -0.15) is 0 Å². The number of oxime groups is 1. The van der Waals surface area contributed by atoms with Crippen molar-refractivity contribution in [2.45, 2.75) is 18.4 Å². The second-order valence-electron chi connectivity index (χ2n) is 8.55. The molecule has 7 N–H and O–H groups in total. The van der Waals surface area contributed by atoms with Gasteiger partial charge in [0.05, 0.1) is 11.5 Å². The summed E-state index contributed by atoms with van der Waals surface area (Å²) in [6.07, 6.45) is 3.14. The summed E-state index contributed by atoms with van der Waals surface area (Å²) in [5.41, 5.74) is 1.75. The maximum atomic E-state index is 13.7. The monoisotopic (exact) mass is 480 g/mol. The predicted octanol–water partition coefficient (Wildman–Crippen LogP) is 0.426. The number of allylic oxidation sites excluding steroid dienone is 1. The van der Waals surface area contributed by atoms with Crippen LogP contribution in [0.25, 0.3) is 17.1 Å². The minimum Gasteiger partial charge on any atom is -0.507 e. The lowest BCUT2D eigenvalue weighted by atomic mass is 9.58. The molecule has 3 atom stereocenters. The largest absolute Gasteiger partial charge is 0.507 e. The van der Waals surface area contributed by atoms with Gasteiger partial charge in [-0.1, -0.05) is 5.16 Å². The van der Waals surface area contributed by atoms with Crippen molar-refractivity contribution in [3.8, 4) is 17.1 Å². The first-order valence-corrected chi connectivity index (χ1v) is 10.6. The van der Waals surface area contributed by atoms with E-state index in [0.29, 0.717) is 17.0 Å². The highest BCUT2D eigenvalue weighted by molar-refractivity contribution is 6.38. The number of carbonyl (C=O) groups is 3. The third-order valence-electron chi connectivity index (χ3n) is 6.83. The fourth-order valence-electron chi connectivity index (χ4n) is 5.33. The van der Waals surface area contributed by atoms with Gasteiger partial charge in [0.1, 0.15) is 35.7 Å². The van der Waals surface area contributed by atoms with Crippen LogP contribution in [0.3, 0.4) is 0 Å². The molecule has 2 aromatic rings. The van der Waals surface area contributed by atoms with Crippen molar-refractivity contribution in [3.05, 3.63) is 52.6 Å². The molecule has 3 aliphatic carbocycles. The third-order valence-corrected chi connectivity index (χ3v) is 6.83. The Kier molecular flexibility index (Phi) is 4.81. The summed E-state index contributed by atoms with van der Waals surface area (Å²) < 4.78 is 0. The first-order valence-electron chi connectivity index (χ1n) is 10.6. The number of imidazole rings is 1. The van der Waals surface area contributed by atoms with E-state index in [1.807, 2.05) is 0 Å². The summed E-state index contributed by atoms with van der Waals surface area (Å²) in [5, 5.41) is 47.4. The van der Waals surface area contributed by atoms with E-state index in [2.05, 4.69) is 15.1 Å². The average molecular weight is 480 g/mol. The van der Waals surface area contributed by atoms with Crippen LogP contribution in [0.4, 0.5) is 0 Å². The summed E-state index contributed by atoms with van der Waals surface area (Å²) in [6, 6.07) is 2.95. The van der Waals surface area contributed by atoms with Gasteiger partial charge in [-0.05, 0) is 36.5 Å². The van der Waals surface area contributed by atoms with Gasteiger partial charge in [-0.15, -0.1) is 0 Å². The van der Waals surface area contributed by atoms with E-state index in [4.69, 9.17) is 10.6 Å². The number of Topliss-reactive ketones (excluding diaryl/α,β-unsaturated/α-hetero) is 2. The van der Waals surface area contributed by atoms with E-state index < -0.39 is 52.0 Å². The van der Waals surface area contributed by atoms with Gasteiger partial charge in [0.25, 0.3) is 5.91 Å². The highest BCUT2D eigenvalue weighted by Gasteiger charge is 2.64. The zero-order valence-corrected chi connectivity index (χ0v) is 18.3. The molecule has 12 nitrogen and oxygen atoms in total. The predicted molar refractivity (Wildman–Crippen MR) is 119 cm³/mol. The lowest BCUT2D eigenvalue weighted by Gasteiger charge is -2.45. The summed E-state index contributed by atoms with van der Waals surface area (Å²) >= 11 is 0. The zero-order chi connectivity index (χ0) is 25.2. The highest BCUT2D eigenvalue weighted by Crippen LogP contribution is 2.51. The molecule has 0 spiro atoms. The van der Waals surface area contributed by atoms with Crippen LogP contribution in [0.1, 0.15) is 17.5 Å². The number of phenolic OH excluding ortho intramolecular Hbond substituents is 1. The summed E-state index contributed by atoms with van der Waals surface area (Å²) in [7, 11) is 1.15. The molecular weight excluding hydrogens is 460 g/mol. The lowest BCUT2D eigenvalue weighted by molar-refractivity contribution is -0.153. The number of amides is 1. The van der Waals surface area contributed by atoms with E-state index in [1.54, 1.807) is 12.3 Å². The van der Waals surface area contributed by atoms with Crippen LogP contribution in [0.2, 0.25) is 0 Å². The Bertz CT molecular complexity index is 1400. The number of nitrogens with one attached hydrogen (secondary N) is 1. The number of aliphatic hydroxyl groups is 3. The van der Waals surface area contributed by atoms with Crippen LogP contribution in [0.15, 0.2) is 46.6 Å². The number of aromatic nitrogens is 2. The third kappa shape index (κ3) is 2.86. The van der Waals surface area contributed by atoms with Crippen LogP contribution in [-0.2, 0) is 25.6 Å². The molecule has 1 aromatic heterocycles. The van der Waals surface area contributed by atoms with E-state index >= 15 is 0 Å². The molecule has 0 radical (unpaired) electrons. The number of nitrogens with zero attached hydrogens (tertiary/aromatic N) is 2. The number of nitrogens with two attached hydrogens (primary N) is 1. The number of rotatable bonds is 3. The van der Waals surface area contributed by atoms with Crippen molar-refractivity contribution in [2.75, 3.05) is 7.11 Å². The summed E-state index contributed by atoms with van der Waals surface area (Å²) in [5.74, 6) is -7.40. The fourth-order valence-corrected chi connectivity index (χ4v) is 5.33. The molecule has 180 valence electrons. The second kappa shape index (κ2) is 7.53. The number of H-pyrrole nitrogens is 1. The highest BCUT2D eigenvalue weighted by atomic mass is 16.6. The van der Waals surface area contributed by atoms with Crippen molar-refractivity contribution >= 4 is 28.9 Å². The van der Waals surface area contributed by atoms with E-state index in [1.165, 1.54) is 12.3 Å². The number of aromatic hydroxyl groups is 1. The molecule has 35 heavy (non-hydrogen) atoms. The van der Waals surface area contributed by atoms with Gasteiger partial charge >= 0.3 is 0 Å². The average Bonchev–Trinajstić information content (AvgIpc) is 3.33. The van der Waals surface area contributed by atoms with Crippen molar-refractivity contribution < 1.29 is 39.6 Å². The number of aliphatic hydroxyl groups excluding tert-OH is 2. The van der Waals surface area contributed by atoms with E-state index in [9.17, 15) is 34.8 Å². The van der Waals surface area contributed by atoms with Crippen molar-refractivity contribution in [3.63, 3.8) is 0 Å². The van der Waals surface area contributed by atoms with Crippen LogP contribution in [0.5, 0.6) is 5.75 Å². The molecule has 0 bridgehead atoms. The molecule has 3 aliphatic rings. The number of aromatic amines is 1. The number of fused-ring (bicyclic) bond motifs is 3. The van der Waals surface area contributed by atoms with Crippen LogP contribution in [0, 0.1) is 11.8 Å². The van der Waals surface area contributed by atoms with Crippen molar-refractivity contribution in [2.24, 2.45) is 22.7 Å². The van der Waals surface area contributed by atoms with Crippen molar-refractivity contribution in [1.29, 1.82) is 0 Å². The van der Waals surface area contributed by atoms with Gasteiger partial charge in [-0.25, -0.2) is 4.98 Å². The quantitative estimate of drug-likeness (QED) is 0.204.